The van der Waals surface area contributed by atoms with E-state index in [1.54, 1.807) is 0 Å². The molecule has 0 spiro atoms. The van der Waals surface area contributed by atoms with Crippen LogP contribution in [-0.2, 0) is 0 Å². The fourth-order valence-corrected chi connectivity index (χ4v) is 2.87. The van der Waals surface area contributed by atoms with Crippen molar-refractivity contribution in [3.8, 4) is 0 Å². The van der Waals surface area contributed by atoms with Crippen LogP contribution in [0.2, 0.25) is 0 Å². The lowest BCUT2D eigenvalue weighted by molar-refractivity contribution is 0.414. The Kier molecular flexibility index (Phi) is 4.75. The van der Waals surface area contributed by atoms with E-state index in [-0.39, 0.29) is 0 Å². The lowest BCUT2D eigenvalue weighted by Gasteiger charge is -2.19. The number of hydrogen-bond donors (Lipinski definition) is 2. The maximum atomic E-state index is 5.83. The summed E-state index contributed by atoms with van der Waals surface area (Å²) in [6.45, 7) is 8.07. The highest BCUT2D eigenvalue weighted by Gasteiger charge is 2.25. The van der Waals surface area contributed by atoms with Crippen molar-refractivity contribution < 1.29 is 0 Å². The molecule has 2 atom stereocenters. The molecule has 1 fully saturated rings. The Balaban J connectivity index is 1.99. The molecule has 19 heavy (non-hydrogen) atoms. The zero-order valence-corrected chi connectivity index (χ0v) is 12.3. The smallest absolute Gasteiger partial charge is 0.133 e. The van der Waals surface area contributed by atoms with Gasteiger partial charge >= 0.3 is 0 Å². The first-order valence-corrected chi connectivity index (χ1v) is 7.39. The van der Waals surface area contributed by atoms with Crippen molar-refractivity contribution in [2.24, 2.45) is 17.6 Å². The minimum atomic E-state index is 0.365. The van der Waals surface area contributed by atoms with Gasteiger partial charge in [-0.2, -0.15) is 0 Å². The molecule has 3 N–H and O–H groups in total. The summed E-state index contributed by atoms with van der Waals surface area (Å²) >= 11 is 0. The molecule has 1 aromatic heterocycles. The Morgan fingerprint density at radius 3 is 2.74 bits per heavy atom. The lowest BCUT2D eigenvalue weighted by Crippen LogP contribution is -2.24. The first-order valence-electron chi connectivity index (χ1n) is 7.39. The summed E-state index contributed by atoms with van der Waals surface area (Å²) in [5.74, 6) is 3.62. The lowest BCUT2D eigenvalue weighted by atomic mass is 9.96. The van der Waals surface area contributed by atoms with Crippen molar-refractivity contribution in [1.29, 1.82) is 0 Å². The average Bonchev–Trinajstić information content (AvgIpc) is 2.83. The highest BCUT2D eigenvalue weighted by Crippen LogP contribution is 2.30. The summed E-state index contributed by atoms with van der Waals surface area (Å²) in [5, 5.41) is 3.48. The maximum Gasteiger partial charge on any atom is 0.133 e. The summed E-state index contributed by atoms with van der Waals surface area (Å²) in [6, 6.07) is 2.03. The molecular formula is C15H26N4. The SMILES string of the molecule is Cc1cc(NCC2CCCC2CN)nc(C(C)C)n1. The van der Waals surface area contributed by atoms with Crippen LogP contribution < -0.4 is 11.1 Å². The first kappa shape index (κ1) is 14.3. The van der Waals surface area contributed by atoms with Crippen LogP contribution in [0.25, 0.3) is 0 Å². The van der Waals surface area contributed by atoms with Gasteiger partial charge < -0.3 is 11.1 Å². The minimum absolute atomic E-state index is 0.365. The Hall–Kier alpha value is -1.16. The Morgan fingerprint density at radius 1 is 1.32 bits per heavy atom. The Labute approximate surface area is 116 Å². The molecule has 0 saturated heterocycles. The zero-order chi connectivity index (χ0) is 13.8. The molecule has 4 heteroatoms. The standard InChI is InChI=1S/C15H26N4/c1-10(2)15-18-11(3)7-14(19-15)17-9-13-6-4-5-12(13)8-16/h7,10,12-13H,4-6,8-9,16H2,1-3H3,(H,17,18,19). The molecule has 0 bridgehead atoms. The number of rotatable bonds is 5. The van der Waals surface area contributed by atoms with Gasteiger partial charge in [-0.25, -0.2) is 9.97 Å². The molecule has 0 radical (unpaired) electrons. The van der Waals surface area contributed by atoms with Crippen LogP contribution in [0, 0.1) is 18.8 Å². The largest absolute Gasteiger partial charge is 0.370 e. The number of nitrogens with one attached hydrogen (secondary N) is 1. The fourth-order valence-electron chi connectivity index (χ4n) is 2.87. The third-order valence-electron chi connectivity index (χ3n) is 4.05. The first-order chi connectivity index (χ1) is 9.10. The molecule has 2 unspecified atom stereocenters. The van der Waals surface area contributed by atoms with Crippen LogP contribution in [0.1, 0.15) is 50.5 Å². The second-order valence-electron chi connectivity index (χ2n) is 5.98. The average molecular weight is 262 g/mol. The van der Waals surface area contributed by atoms with Gasteiger partial charge in [-0.3, -0.25) is 0 Å². The van der Waals surface area contributed by atoms with E-state index in [1.807, 2.05) is 13.0 Å². The highest BCUT2D eigenvalue weighted by molar-refractivity contribution is 5.36. The second kappa shape index (κ2) is 6.33. The van der Waals surface area contributed by atoms with E-state index in [9.17, 15) is 0 Å². The van der Waals surface area contributed by atoms with Gasteiger partial charge in [0.25, 0.3) is 0 Å². The monoisotopic (exact) mass is 262 g/mol. The van der Waals surface area contributed by atoms with E-state index in [1.165, 1.54) is 19.3 Å². The maximum absolute atomic E-state index is 5.83. The molecule has 0 aliphatic heterocycles. The van der Waals surface area contributed by atoms with Crippen molar-refractivity contribution in [3.05, 3.63) is 17.6 Å². The molecule has 1 saturated carbocycles. The van der Waals surface area contributed by atoms with Crippen molar-refractivity contribution >= 4 is 5.82 Å². The van der Waals surface area contributed by atoms with E-state index in [0.29, 0.717) is 17.8 Å². The number of aryl methyl sites for hydroxylation is 1. The fraction of sp³-hybridized carbons (Fsp3) is 0.733. The van der Waals surface area contributed by atoms with E-state index in [2.05, 4.69) is 29.1 Å². The molecule has 1 heterocycles. The molecule has 1 aromatic rings. The van der Waals surface area contributed by atoms with Gasteiger partial charge in [0.05, 0.1) is 0 Å². The summed E-state index contributed by atoms with van der Waals surface area (Å²) in [4.78, 5) is 9.06. The molecule has 1 aliphatic rings. The molecule has 0 amide bonds. The number of anilines is 1. The Bertz CT molecular complexity index is 417. The van der Waals surface area contributed by atoms with Crippen molar-refractivity contribution in [3.63, 3.8) is 0 Å². The number of nitrogens with two attached hydrogens (primary N) is 1. The summed E-state index contributed by atoms with van der Waals surface area (Å²) in [7, 11) is 0. The van der Waals surface area contributed by atoms with Crippen LogP contribution >= 0.6 is 0 Å². The topological polar surface area (TPSA) is 63.8 Å². The summed E-state index contributed by atoms with van der Waals surface area (Å²) < 4.78 is 0. The van der Waals surface area contributed by atoms with Crippen LogP contribution in [0.4, 0.5) is 5.82 Å². The third-order valence-corrected chi connectivity index (χ3v) is 4.05. The third kappa shape index (κ3) is 3.66. The van der Waals surface area contributed by atoms with Crippen LogP contribution in [0.3, 0.4) is 0 Å². The molecule has 4 nitrogen and oxygen atoms in total. The predicted molar refractivity (Wildman–Crippen MR) is 79.2 cm³/mol. The van der Waals surface area contributed by atoms with Gasteiger partial charge in [0.15, 0.2) is 0 Å². The Morgan fingerprint density at radius 2 is 2.05 bits per heavy atom. The predicted octanol–water partition coefficient (Wildman–Crippen LogP) is 2.70. The van der Waals surface area contributed by atoms with Crippen molar-refractivity contribution in [2.45, 2.75) is 46.0 Å². The highest BCUT2D eigenvalue weighted by atomic mass is 15.0. The number of hydrogen-bond acceptors (Lipinski definition) is 4. The number of aromatic nitrogens is 2. The van der Waals surface area contributed by atoms with Gasteiger partial charge in [-0.05, 0) is 38.1 Å². The van der Waals surface area contributed by atoms with Crippen LogP contribution in [0.15, 0.2) is 6.07 Å². The van der Waals surface area contributed by atoms with E-state index in [0.717, 1.165) is 30.4 Å². The zero-order valence-electron chi connectivity index (χ0n) is 12.3. The molecular weight excluding hydrogens is 236 g/mol. The molecule has 1 aliphatic carbocycles. The van der Waals surface area contributed by atoms with E-state index in [4.69, 9.17) is 5.73 Å². The molecule has 2 rings (SSSR count). The van der Waals surface area contributed by atoms with Crippen molar-refractivity contribution in [1.82, 2.24) is 9.97 Å². The normalized spacial score (nSPS) is 23.0. The quantitative estimate of drug-likeness (QED) is 0.856. The summed E-state index contributed by atoms with van der Waals surface area (Å²) in [6.07, 6.45) is 3.88. The second-order valence-corrected chi connectivity index (χ2v) is 5.98. The van der Waals surface area contributed by atoms with Gasteiger partial charge in [0.1, 0.15) is 11.6 Å². The van der Waals surface area contributed by atoms with Crippen molar-refractivity contribution in [2.75, 3.05) is 18.4 Å². The molecule has 106 valence electrons. The van der Waals surface area contributed by atoms with Crippen LogP contribution in [-0.4, -0.2) is 23.1 Å². The van der Waals surface area contributed by atoms with Gasteiger partial charge in [-0.15, -0.1) is 0 Å². The van der Waals surface area contributed by atoms with Gasteiger partial charge in [0.2, 0.25) is 0 Å². The molecule has 0 aromatic carbocycles. The van der Waals surface area contributed by atoms with Gasteiger partial charge in [-0.1, -0.05) is 20.3 Å². The van der Waals surface area contributed by atoms with E-state index >= 15 is 0 Å². The van der Waals surface area contributed by atoms with Crippen LogP contribution in [0.5, 0.6) is 0 Å². The summed E-state index contributed by atoms with van der Waals surface area (Å²) in [5.41, 5.74) is 6.86. The minimum Gasteiger partial charge on any atom is -0.370 e. The van der Waals surface area contributed by atoms with Gasteiger partial charge in [0, 0.05) is 24.2 Å². The number of nitrogens with zero attached hydrogens (tertiary/aromatic N) is 2. The van der Waals surface area contributed by atoms with E-state index < -0.39 is 0 Å².